The lowest BCUT2D eigenvalue weighted by atomic mass is 9.61. The maximum Gasteiger partial charge on any atom is 0.203 e. The number of aliphatic hydroxyl groups excluding tert-OH is 3. The second-order valence-corrected chi connectivity index (χ2v) is 12.9. The Balaban J connectivity index is 1.27. The van der Waals surface area contributed by atoms with Crippen molar-refractivity contribution >= 4 is 0 Å². The summed E-state index contributed by atoms with van der Waals surface area (Å²) >= 11 is 0. The first-order valence-electron chi connectivity index (χ1n) is 14.9. The molecule has 5 nitrogen and oxygen atoms in total. The molecular weight excluding hydrogens is 474 g/mol. The number of hydrogen-bond acceptors (Lipinski definition) is 5. The number of oxazole rings is 1. The summed E-state index contributed by atoms with van der Waals surface area (Å²) in [5.74, 6) is 2.23. The van der Waals surface area contributed by atoms with Crippen LogP contribution in [0.3, 0.4) is 0 Å². The Morgan fingerprint density at radius 3 is 2.71 bits per heavy atom. The van der Waals surface area contributed by atoms with Crippen molar-refractivity contribution in [3.05, 3.63) is 65.5 Å². The van der Waals surface area contributed by atoms with Gasteiger partial charge in [-0.15, -0.1) is 0 Å². The first kappa shape index (κ1) is 27.6. The highest BCUT2D eigenvalue weighted by molar-refractivity contribution is 5.38. The van der Waals surface area contributed by atoms with Gasteiger partial charge in [-0.05, 0) is 92.1 Å². The molecule has 0 amide bonds. The molecule has 7 atom stereocenters. The van der Waals surface area contributed by atoms with E-state index in [-0.39, 0.29) is 10.8 Å². The summed E-state index contributed by atoms with van der Waals surface area (Å²) in [6, 6.07) is 0. The van der Waals surface area contributed by atoms with Crippen LogP contribution in [0.4, 0.5) is 0 Å². The third-order valence-electron chi connectivity index (χ3n) is 10.4. The van der Waals surface area contributed by atoms with E-state index in [9.17, 15) is 15.3 Å². The van der Waals surface area contributed by atoms with Gasteiger partial charge in [0.15, 0.2) is 0 Å². The largest absolute Gasteiger partial charge is 0.448 e. The van der Waals surface area contributed by atoms with Crippen LogP contribution >= 0.6 is 0 Å². The summed E-state index contributed by atoms with van der Waals surface area (Å²) in [6.45, 7) is 11.0. The standard InChI is InChI=1S/C33H47NO4/c1-5-7-25-20-38-31(34-25)33(16-17-33)30(37)14-9-21(2)27-12-13-28-23(8-6-15-32(27,28)4)10-11-24-18-26(35)19-29(36)22(24)3/h9-11,14,20-21,26-30,35-37H,3,5-8,12-13,15-19H2,1-2,4H3/b14-9+,23-10+,24-11-/t21-,26+,27+,28-,29-,30-,32+/m0/s1. The Morgan fingerprint density at radius 1 is 1.18 bits per heavy atom. The molecule has 208 valence electrons. The number of aliphatic hydroxyl groups is 3. The van der Waals surface area contributed by atoms with E-state index in [4.69, 9.17) is 9.40 Å². The van der Waals surface area contributed by atoms with Crippen molar-refractivity contribution < 1.29 is 19.7 Å². The van der Waals surface area contributed by atoms with Crippen molar-refractivity contribution in [2.75, 3.05) is 0 Å². The molecule has 4 saturated carbocycles. The lowest BCUT2D eigenvalue weighted by Crippen LogP contribution is -2.35. The minimum Gasteiger partial charge on any atom is -0.448 e. The Kier molecular flexibility index (Phi) is 7.92. The monoisotopic (exact) mass is 521 g/mol. The SMILES string of the molecule is C=C1/C(=C\C=C2/CCC[C@]3(C)[C@@H]([C@@H](C)/C=C/[C@H](O)C4(c5nc(CCC)co5)CC4)CC[C@@H]23)C[C@@H](O)C[C@@H]1O. The number of hydrogen-bond donors (Lipinski definition) is 3. The second kappa shape index (κ2) is 10.9. The third kappa shape index (κ3) is 5.14. The normalized spacial score (nSPS) is 36.6. The van der Waals surface area contributed by atoms with Gasteiger partial charge >= 0.3 is 0 Å². The minimum atomic E-state index is -0.643. The Labute approximate surface area is 228 Å². The summed E-state index contributed by atoms with van der Waals surface area (Å²) in [6.07, 6.45) is 19.4. The fourth-order valence-corrected chi connectivity index (χ4v) is 7.88. The average molecular weight is 522 g/mol. The van der Waals surface area contributed by atoms with Crippen LogP contribution in [0, 0.1) is 23.2 Å². The van der Waals surface area contributed by atoms with Gasteiger partial charge in [0.1, 0.15) is 6.26 Å². The van der Waals surface area contributed by atoms with Crippen molar-refractivity contribution in [1.82, 2.24) is 4.98 Å². The molecule has 5 heteroatoms. The summed E-state index contributed by atoms with van der Waals surface area (Å²) in [5.41, 5.74) is 4.14. The number of fused-ring (bicyclic) bond motifs is 1. The molecule has 3 N–H and O–H groups in total. The van der Waals surface area contributed by atoms with Gasteiger partial charge in [0.25, 0.3) is 0 Å². The summed E-state index contributed by atoms with van der Waals surface area (Å²) in [5, 5.41) is 31.5. The number of aromatic nitrogens is 1. The maximum absolute atomic E-state index is 11.2. The van der Waals surface area contributed by atoms with E-state index in [1.165, 1.54) is 31.3 Å². The van der Waals surface area contributed by atoms with E-state index in [2.05, 4.69) is 45.6 Å². The third-order valence-corrected chi connectivity index (χ3v) is 10.4. The second-order valence-electron chi connectivity index (χ2n) is 12.9. The van der Waals surface area contributed by atoms with E-state index in [0.717, 1.165) is 48.9 Å². The van der Waals surface area contributed by atoms with E-state index in [0.29, 0.717) is 36.5 Å². The van der Waals surface area contributed by atoms with Crippen LogP contribution < -0.4 is 0 Å². The van der Waals surface area contributed by atoms with Crippen LogP contribution in [0.25, 0.3) is 0 Å². The lowest BCUT2D eigenvalue weighted by Gasteiger charge is -2.44. The van der Waals surface area contributed by atoms with Gasteiger partial charge in [0, 0.05) is 6.42 Å². The molecule has 0 radical (unpaired) electrons. The van der Waals surface area contributed by atoms with Crippen LogP contribution in [-0.4, -0.2) is 38.6 Å². The quantitative estimate of drug-likeness (QED) is 0.347. The van der Waals surface area contributed by atoms with Crippen molar-refractivity contribution in [3.63, 3.8) is 0 Å². The molecule has 4 aliphatic carbocycles. The van der Waals surface area contributed by atoms with E-state index in [1.807, 2.05) is 6.08 Å². The maximum atomic E-state index is 11.2. The molecule has 0 saturated heterocycles. The van der Waals surface area contributed by atoms with Crippen LogP contribution in [0.5, 0.6) is 0 Å². The predicted molar refractivity (Wildman–Crippen MR) is 150 cm³/mol. The van der Waals surface area contributed by atoms with Gasteiger partial charge in [0.05, 0.1) is 29.4 Å². The van der Waals surface area contributed by atoms with Crippen LogP contribution in [0.1, 0.15) is 96.6 Å². The molecule has 0 unspecified atom stereocenters. The molecule has 1 aromatic rings. The van der Waals surface area contributed by atoms with Crippen LogP contribution in [0.2, 0.25) is 0 Å². The average Bonchev–Trinajstić information content (AvgIpc) is 3.42. The first-order chi connectivity index (χ1) is 18.2. The molecule has 5 rings (SSSR count). The molecule has 0 bridgehead atoms. The van der Waals surface area contributed by atoms with Gasteiger partial charge in [0.2, 0.25) is 5.89 Å². The number of rotatable bonds is 8. The summed E-state index contributed by atoms with van der Waals surface area (Å²) in [7, 11) is 0. The zero-order valence-corrected chi connectivity index (χ0v) is 23.5. The molecule has 1 aromatic heterocycles. The zero-order chi connectivity index (χ0) is 27.1. The van der Waals surface area contributed by atoms with E-state index < -0.39 is 18.3 Å². The molecule has 4 aliphatic rings. The van der Waals surface area contributed by atoms with Crippen molar-refractivity contribution in [3.8, 4) is 0 Å². The van der Waals surface area contributed by atoms with Gasteiger partial charge in [-0.1, -0.05) is 63.6 Å². The highest BCUT2D eigenvalue weighted by Crippen LogP contribution is 2.60. The summed E-state index contributed by atoms with van der Waals surface area (Å²) < 4.78 is 5.81. The van der Waals surface area contributed by atoms with Crippen molar-refractivity contribution in [2.24, 2.45) is 23.2 Å². The molecule has 38 heavy (non-hydrogen) atoms. The molecule has 0 aliphatic heterocycles. The Hall–Kier alpha value is -1.95. The van der Waals surface area contributed by atoms with Gasteiger partial charge in [-0.25, -0.2) is 4.98 Å². The first-order valence-corrected chi connectivity index (χ1v) is 14.9. The Bertz CT molecular complexity index is 1110. The molecular formula is C33H47NO4. The number of allylic oxidation sites excluding steroid dienone is 4. The Morgan fingerprint density at radius 2 is 1.97 bits per heavy atom. The minimum absolute atomic E-state index is 0.245. The summed E-state index contributed by atoms with van der Waals surface area (Å²) in [4.78, 5) is 4.69. The predicted octanol–water partition coefficient (Wildman–Crippen LogP) is 6.35. The lowest BCUT2D eigenvalue weighted by molar-refractivity contribution is 0.0862. The zero-order valence-electron chi connectivity index (χ0n) is 23.5. The number of nitrogens with zero attached hydrogens (tertiary/aromatic N) is 1. The van der Waals surface area contributed by atoms with Crippen LogP contribution in [-0.2, 0) is 11.8 Å². The smallest absolute Gasteiger partial charge is 0.203 e. The molecule has 0 spiro atoms. The topological polar surface area (TPSA) is 86.7 Å². The van der Waals surface area contributed by atoms with Gasteiger partial charge < -0.3 is 19.7 Å². The van der Waals surface area contributed by atoms with Gasteiger partial charge in [-0.3, -0.25) is 0 Å². The van der Waals surface area contributed by atoms with Crippen molar-refractivity contribution in [2.45, 2.75) is 115 Å². The highest BCUT2D eigenvalue weighted by Gasteiger charge is 2.54. The molecule has 0 aromatic carbocycles. The highest BCUT2D eigenvalue weighted by atomic mass is 16.3. The van der Waals surface area contributed by atoms with E-state index in [1.54, 1.807) is 6.26 Å². The van der Waals surface area contributed by atoms with Crippen molar-refractivity contribution in [1.29, 1.82) is 0 Å². The van der Waals surface area contributed by atoms with Gasteiger partial charge in [-0.2, -0.15) is 0 Å². The fourth-order valence-electron chi connectivity index (χ4n) is 7.88. The van der Waals surface area contributed by atoms with Crippen LogP contribution in [0.15, 0.2) is 58.3 Å². The fraction of sp³-hybridized carbons (Fsp3) is 0.667. The number of aryl methyl sites for hydroxylation is 1. The molecule has 1 heterocycles. The molecule has 4 fully saturated rings. The van der Waals surface area contributed by atoms with E-state index >= 15 is 0 Å².